The first-order valence-electron chi connectivity index (χ1n) is 12.6. The molecule has 168 valence electrons. The van der Waals surface area contributed by atoms with E-state index in [1.807, 2.05) is 12.1 Å². The van der Waals surface area contributed by atoms with Gasteiger partial charge < -0.3 is 0 Å². The fourth-order valence-corrected chi connectivity index (χ4v) is 6.12. The van der Waals surface area contributed by atoms with Gasteiger partial charge in [0.05, 0.1) is 0 Å². The van der Waals surface area contributed by atoms with E-state index in [2.05, 4.69) is 19.1 Å². The first-order valence-corrected chi connectivity index (χ1v) is 12.6. The van der Waals surface area contributed by atoms with E-state index < -0.39 is 11.6 Å². The largest absolute Gasteiger partial charge is 0.207 e. The molecule has 2 aromatic carbocycles. The first-order chi connectivity index (χ1) is 15.0. The minimum Gasteiger partial charge on any atom is -0.207 e. The molecule has 2 aliphatic carbocycles. The highest BCUT2D eigenvalue weighted by atomic mass is 19.1. The zero-order chi connectivity index (χ0) is 21.8. The molecule has 0 unspecified atom stereocenters. The van der Waals surface area contributed by atoms with Crippen LogP contribution < -0.4 is 0 Å². The molecule has 0 aromatic heterocycles. The van der Waals surface area contributed by atoms with Gasteiger partial charge in [-0.1, -0.05) is 63.3 Å². The van der Waals surface area contributed by atoms with E-state index in [0.717, 1.165) is 23.3 Å². The van der Waals surface area contributed by atoms with Gasteiger partial charge in [0.15, 0.2) is 0 Å². The molecule has 2 heteroatoms. The third-order valence-corrected chi connectivity index (χ3v) is 8.29. The maximum absolute atomic E-state index is 13.9. The summed E-state index contributed by atoms with van der Waals surface area (Å²) in [6, 6.07) is 11.3. The standard InChI is InChI=1S/C29H38F2/c1-3-4-5-21-6-8-22(9-7-21)23-10-12-24(13-11-23)25-14-16-26(17-15-25)27-18-28(30)20(2)29(31)19-27/h14-19,21-24H,3-13H2,1-2H3. The molecule has 2 saturated carbocycles. The van der Waals surface area contributed by atoms with E-state index in [0.29, 0.717) is 11.5 Å². The Morgan fingerprint density at radius 3 is 1.84 bits per heavy atom. The van der Waals surface area contributed by atoms with E-state index in [1.54, 1.807) is 0 Å². The second-order valence-corrected chi connectivity index (χ2v) is 10.2. The van der Waals surface area contributed by atoms with Gasteiger partial charge in [0.25, 0.3) is 0 Å². The van der Waals surface area contributed by atoms with Crippen molar-refractivity contribution in [1.29, 1.82) is 0 Å². The molecule has 0 heterocycles. The number of hydrogen-bond acceptors (Lipinski definition) is 0. The van der Waals surface area contributed by atoms with Crippen molar-refractivity contribution in [2.24, 2.45) is 17.8 Å². The Bertz CT molecular complexity index is 815. The number of halogens is 2. The topological polar surface area (TPSA) is 0 Å². The van der Waals surface area contributed by atoms with Crippen LogP contribution in [0.4, 0.5) is 8.78 Å². The molecule has 0 amide bonds. The zero-order valence-electron chi connectivity index (χ0n) is 19.3. The fourth-order valence-electron chi connectivity index (χ4n) is 6.12. The van der Waals surface area contributed by atoms with E-state index in [9.17, 15) is 8.78 Å². The zero-order valence-corrected chi connectivity index (χ0v) is 19.3. The van der Waals surface area contributed by atoms with Crippen LogP contribution in [0.15, 0.2) is 36.4 Å². The van der Waals surface area contributed by atoms with Gasteiger partial charge in [0.1, 0.15) is 11.6 Å². The summed E-state index contributed by atoms with van der Waals surface area (Å²) in [5.74, 6) is 2.58. The van der Waals surface area contributed by atoms with Gasteiger partial charge in [-0.2, -0.15) is 0 Å². The normalized spacial score (nSPS) is 26.7. The highest BCUT2D eigenvalue weighted by molar-refractivity contribution is 5.64. The fraction of sp³-hybridized carbons (Fsp3) is 0.586. The van der Waals surface area contributed by atoms with Gasteiger partial charge in [-0.25, -0.2) is 8.78 Å². The van der Waals surface area contributed by atoms with Crippen LogP contribution in [0.25, 0.3) is 11.1 Å². The molecule has 2 aromatic rings. The Morgan fingerprint density at radius 2 is 1.29 bits per heavy atom. The molecule has 0 radical (unpaired) electrons. The molecule has 0 N–H and O–H groups in total. The van der Waals surface area contributed by atoms with Gasteiger partial charge in [-0.3, -0.25) is 0 Å². The second-order valence-electron chi connectivity index (χ2n) is 10.2. The summed E-state index contributed by atoms with van der Waals surface area (Å²) in [4.78, 5) is 0. The molecule has 0 aliphatic heterocycles. The van der Waals surface area contributed by atoms with Crippen LogP contribution in [0.1, 0.15) is 94.6 Å². The molecule has 2 fully saturated rings. The van der Waals surface area contributed by atoms with Gasteiger partial charge in [-0.05, 0) is 97.9 Å². The van der Waals surface area contributed by atoms with Crippen LogP contribution in [-0.2, 0) is 0 Å². The molecule has 0 spiro atoms. The SMILES string of the molecule is CCCCC1CCC(C2CCC(c3ccc(-c4cc(F)c(C)c(F)c4)cc3)CC2)CC1. The summed E-state index contributed by atoms with van der Waals surface area (Å²) >= 11 is 0. The summed E-state index contributed by atoms with van der Waals surface area (Å²) < 4.78 is 27.8. The summed E-state index contributed by atoms with van der Waals surface area (Å²) in [6.07, 6.45) is 15.4. The summed E-state index contributed by atoms with van der Waals surface area (Å²) in [7, 11) is 0. The number of benzene rings is 2. The lowest BCUT2D eigenvalue weighted by atomic mass is 9.68. The third kappa shape index (κ3) is 5.38. The van der Waals surface area contributed by atoms with Crippen LogP contribution in [-0.4, -0.2) is 0 Å². The molecule has 31 heavy (non-hydrogen) atoms. The summed E-state index contributed by atoms with van der Waals surface area (Å²) in [5, 5.41) is 0. The van der Waals surface area contributed by atoms with Crippen molar-refractivity contribution >= 4 is 0 Å². The predicted molar refractivity (Wildman–Crippen MR) is 126 cm³/mol. The summed E-state index contributed by atoms with van der Waals surface area (Å²) in [6.45, 7) is 3.78. The van der Waals surface area contributed by atoms with E-state index in [-0.39, 0.29) is 5.56 Å². The van der Waals surface area contributed by atoms with Gasteiger partial charge >= 0.3 is 0 Å². The molecule has 0 nitrogen and oxygen atoms in total. The lowest BCUT2D eigenvalue weighted by molar-refractivity contribution is 0.156. The van der Waals surface area contributed by atoms with Crippen molar-refractivity contribution in [3.05, 3.63) is 59.2 Å². The number of unbranched alkanes of at least 4 members (excludes halogenated alkanes) is 1. The first kappa shape index (κ1) is 22.5. The molecule has 0 saturated heterocycles. The lowest BCUT2D eigenvalue weighted by Crippen LogP contribution is -2.25. The quantitative estimate of drug-likeness (QED) is 0.433. The van der Waals surface area contributed by atoms with Gasteiger partial charge in [-0.15, -0.1) is 0 Å². The van der Waals surface area contributed by atoms with Crippen molar-refractivity contribution < 1.29 is 8.78 Å². The molecule has 0 atom stereocenters. The molecule has 2 aliphatic rings. The van der Waals surface area contributed by atoms with E-state index in [4.69, 9.17) is 0 Å². The maximum Gasteiger partial charge on any atom is 0.129 e. The lowest BCUT2D eigenvalue weighted by Gasteiger charge is -2.38. The van der Waals surface area contributed by atoms with Crippen LogP contribution in [0.2, 0.25) is 0 Å². The number of rotatable bonds is 6. The van der Waals surface area contributed by atoms with Crippen LogP contribution in [0.5, 0.6) is 0 Å². The Morgan fingerprint density at radius 1 is 0.742 bits per heavy atom. The average molecular weight is 425 g/mol. The average Bonchev–Trinajstić information content (AvgIpc) is 2.81. The van der Waals surface area contributed by atoms with Crippen LogP contribution in [0.3, 0.4) is 0 Å². The van der Waals surface area contributed by atoms with Crippen molar-refractivity contribution in [1.82, 2.24) is 0 Å². The molecular formula is C29H38F2. The molecule has 0 bridgehead atoms. The summed E-state index contributed by atoms with van der Waals surface area (Å²) in [5.41, 5.74) is 2.98. The van der Waals surface area contributed by atoms with Crippen molar-refractivity contribution in [3.8, 4) is 11.1 Å². The molecule has 4 rings (SSSR count). The van der Waals surface area contributed by atoms with E-state index in [1.165, 1.54) is 95.2 Å². The highest BCUT2D eigenvalue weighted by Crippen LogP contribution is 2.44. The Balaban J connectivity index is 1.30. The van der Waals surface area contributed by atoms with Crippen LogP contribution >= 0.6 is 0 Å². The highest BCUT2D eigenvalue weighted by Gasteiger charge is 2.31. The van der Waals surface area contributed by atoms with Crippen LogP contribution in [0, 0.1) is 36.3 Å². The Hall–Kier alpha value is -1.70. The van der Waals surface area contributed by atoms with Crippen molar-refractivity contribution in [2.45, 2.75) is 90.4 Å². The predicted octanol–water partition coefficient (Wildman–Crippen LogP) is 9.21. The molecular weight excluding hydrogens is 386 g/mol. The Kier molecular flexibility index (Phi) is 7.46. The maximum atomic E-state index is 13.9. The monoisotopic (exact) mass is 424 g/mol. The Labute approximate surface area is 187 Å². The third-order valence-electron chi connectivity index (χ3n) is 8.29. The number of hydrogen-bond donors (Lipinski definition) is 0. The van der Waals surface area contributed by atoms with Crippen molar-refractivity contribution in [2.75, 3.05) is 0 Å². The van der Waals surface area contributed by atoms with Gasteiger partial charge in [0.2, 0.25) is 0 Å². The minimum atomic E-state index is -0.475. The van der Waals surface area contributed by atoms with Crippen molar-refractivity contribution in [3.63, 3.8) is 0 Å². The smallest absolute Gasteiger partial charge is 0.129 e. The second kappa shape index (κ2) is 10.3. The van der Waals surface area contributed by atoms with E-state index >= 15 is 0 Å². The van der Waals surface area contributed by atoms with Gasteiger partial charge in [0, 0.05) is 5.56 Å². The minimum absolute atomic E-state index is 0.0894.